The third-order valence-electron chi connectivity index (χ3n) is 5.88. The molecule has 29 heavy (non-hydrogen) atoms. The van der Waals surface area contributed by atoms with Crippen LogP contribution in [0.15, 0.2) is 54.6 Å². The molecular formula is C25H27NO3. The fourth-order valence-corrected chi connectivity index (χ4v) is 4.49. The Morgan fingerprint density at radius 3 is 2.31 bits per heavy atom. The summed E-state index contributed by atoms with van der Waals surface area (Å²) in [4.78, 5) is 27.8. The zero-order chi connectivity index (χ0) is 20.2. The molecule has 0 unspecified atom stereocenters. The Morgan fingerprint density at radius 2 is 1.59 bits per heavy atom. The van der Waals surface area contributed by atoms with E-state index in [2.05, 4.69) is 12.1 Å². The maximum atomic E-state index is 13.8. The molecule has 1 aliphatic carbocycles. The molecule has 4 rings (SSSR count). The van der Waals surface area contributed by atoms with E-state index in [1.54, 1.807) is 11.8 Å². The first-order valence-corrected chi connectivity index (χ1v) is 10.6. The highest BCUT2D eigenvalue weighted by atomic mass is 16.5. The second-order valence-corrected chi connectivity index (χ2v) is 7.72. The van der Waals surface area contributed by atoms with Gasteiger partial charge in [0, 0.05) is 11.6 Å². The molecule has 1 fully saturated rings. The third-order valence-corrected chi connectivity index (χ3v) is 5.88. The second kappa shape index (κ2) is 8.64. The molecule has 0 aromatic heterocycles. The number of rotatable bonds is 5. The van der Waals surface area contributed by atoms with Crippen LogP contribution < -0.4 is 0 Å². The topological polar surface area (TPSA) is 46.6 Å². The number of nitrogens with zero attached hydrogens (tertiary/aromatic N) is 1. The maximum absolute atomic E-state index is 13.8. The Labute approximate surface area is 171 Å². The monoisotopic (exact) mass is 389 g/mol. The fraction of sp³-hybridized carbons (Fsp3) is 0.360. The van der Waals surface area contributed by atoms with Gasteiger partial charge in [-0.3, -0.25) is 9.59 Å². The number of benzene rings is 3. The van der Waals surface area contributed by atoms with Crippen LogP contribution in [-0.4, -0.2) is 36.0 Å². The molecule has 0 saturated heterocycles. The molecule has 0 aliphatic heterocycles. The number of carbonyl (C=O) groups excluding carboxylic acids is 2. The predicted molar refractivity (Wildman–Crippen MR) is 116 cm³/mol. The number of hydrogen-bond donors (Lipinski definition) is 0. The van der Waals surface area contributed by atoms with Crippen LogP contribution in [0.4, 0.5) is 0 Å². The molecule has 0 spiro atoms. The van der Waals surface area contributed by atoms with Gasteiger partial charge in [0.2, 0.25) is 0 Å². The van der Waals surface area contributed by atoms with Crippen molar-refractivity contribution in [1.82, 2.24) is 4.90 Å². The molecule has 0 bridgehead atoms. The Morgan fingerprint density at radius 1 is 0.931 bits per heavy atom. The van der Waals surface area contributed by atoms with Crippen LogP contribution in [0.3, 0.4) is 0 Å². The number of carbonyl (C=O) groups is 2. The highest BCUT2D eigenvalue weighted by Gasteiger charge is 2.29. The summed E-state index contributed by atoms with van der Waals surface area (Å²) in [6.07, 6.45) is 5.26. The zero-order valence-electron chi connectivity index (χ0n) is 16.9. The van der Waals surface area contributed by atoms with E-state index in [-0.39, 0.29) is 24.5 Å². The van der Waals surface area contributed by atoms with Crippen molar-refractivity contribution in [1.29, 1.82) is 0 Å². The van der Waals surface area contributed by atoms with Gasteiger partial charge >= 0.3 is 5.97 Å². The van der Waals surface area contributed by atoms with Crippen LogP contribution in [0.5, 0.6) is 0 Å². The molecule has 0 N–H and O–H groups in total. The van der Waals surface area contributed by atoms with Crippen LogP contribution in [0.25, 0.3) is 21.5 Å². The molecule has 1 amide bonds. The van der Waals surface area contributed by atoms with Crippen molar-refractivity contribution in [2.24, 2.45) is 0 Å². The first kappa shape index (κ1) is 19.4. The summed E-state index contributed by atoms with van der Waals surface area (Å²) < 4.78 is 5.17. The van der Waals surface area contributed by atoms with Crippen molar-refractivity contribution < 1.29 is 14.3 Å². The average molecular weight is 389 g/mol. The number of fused-ring (bicyclic) bond motifs is 3. The quantitative estimate of drug-likeness (QED) is 0.438. The van der Waals surface area contributed by atoms with Crippen molar-refractivity contribution in [3.8, 4) is 0 Å². The van der Waals surface area contributed by atoms with Crippen LogP contribution in [0.1, 0.15) is 49.4 Å². The van der Waals surface area contributed by atoms with Gasteiger partial charge in [-0.25, -0.2) is 0 Å². The first-order valence-electron chi connectivity index (χ1n) is 10.6. The zero-order valence-corrected chi connectivity index (χ0v) is 16.9. The van der Waals surface area contributed by atoms with Crippen molar-refractivity contribution >= 4 is 33.4 Å². The molecule has 4 heteroatoms. The summed E-state index contributed by atoms with van der Waals surface area (Å²) in [5, 5.41) is 4.16. The van der Waals surface area contributed by atoms with Crippen molar-refractivity contribution in [3.05, 3.63) is 60.2 Å². The summed E-state index contributed by atoms with van der Waals surface area (Å²) in [6, 6.07) is 18.2. The van der Waals surface area contributed by atoms with Gasteiger partial charge < -0.3 is 9.64 Å². The van der Waals surface area contributed by atoms with Crippen LogP contribution in [0, 0.1) is 0 Å². The lowest BCUT2D eigenvalue weighted by Gasteiger charge is -2.34. The lowest BCUT2D eigenvalue weighted by atomic mass is 9.92. The molecule has 1 aliphatic rings. The summed E-state index contributed by atoms with van der Waals surface area (Å²) in [7, 11) is 0. The predicted octanol–water partition coefficient (Wildman–Crippen LogP) is 5.33. The third kappa shape index (κ3) is 3.98. The molecule has 0 heterocycles. The Bertz CT molecular complexity index is 1040. The molecule has 1 saturated carbocycles. The van der Waals surface area contributed by atoms with Gasteiger partial charge in [-0.05, 0) is 47.4 Å². The van der Waals surface area contributed by atoms with Crippen molar-refractivity contribution in [2.45, 2.75) is 45.1 Å². The summed E-state index contributed by atoms with van der Waals surface area (Å²) in [6.45, 7) is 2.13. The van der Waals surface area contributed by atoms with Gasteiger partial charge in [0.1, 0.15) is 6.54 Å². The van der Waals surface area contributed by atoms with Crippen molar-refractivity contribution in [2.75, 3.05) is 13.2 Å². The van der Waals surface area contributed by atoms with E-state index in [0.29, 0.717) is 12.2 Å². The van der Waals surface area contributed by atoms with Gasteiger partial charge in [0.05, 0.1) is 6.61 Å². The second-order valence-electron chi connectivity index (χ2n) is 7.72. The van der Waals surface area contributed by atoms with Crippen molar-refractivity contribution in [3.63, 3.8) is 0 Å². The number of esters is 1. The maximum Gasteiger partial charge on any atom is 0.325 e. The van der Waals surface area contributed by atoms with Crippen LogP contribution >= 0.6 is 0 Å². The summed E-state index contributed by atoms with van der Waals surface area (Å²) in [5.74, 6) is -0.413. The molecule has 150 valence electrons. The minimum atomic E-state index is -0.337. The SMILES string of the molecule is CCOC(=O)CN(C(=O)c1cc2ccccc2c2ccccc12)C1CCCCC1. The highest BCUT2D eigenvalue weighted by molar-refractivity contribution is 6.17. The van der Waals surface area contributed by atoms with Gasteiger partial charge in [-0.15, -0.1) is 0 Å². The standard InChI is InChI=1S/C25H27NO3/c1-2-29-24(27)17-26(19-11-4-3-5-12-19)25(28)23-16-18-10-6-7-13-20(18)21-14-8-9-15-22(21)23/h6-10,13-16,19H,2-5,11-12,17H2,1H3. The normalized spacial score (nSPS) is 14.8. The number of ether oxygens (including phenoxy) is 1. The number of amides is 1. The molecule has 4 nitrogen and oxygen atoms in total. The van der Waals surface area contributed by atoms with Crippen LogP contribution in [-0.2, 0) is 9.53 Å². The van der Waals surface area contributed by atoms with E-state index in [4.69, 9.17) is 4.74 Å². The van der Waals surface area contributed by atoms with E-state index in [0.717, 1.165) is 47.2 Å². The largest absolute Gasteiger partial charge is 0.465 e. The van der Waals surface area contributed by atoms with E-state index < -0.39 is 0 Å². The smallest absolute Gasteiger partial charge is 0.325 e. The minimum absolute atomic E-state index is 0.0124. The minimum Gasteiger partial charge on any atom is -0.465 e. The molecule has 0 radical (unpaired) electrons. The van der Waals surface area contributed by atoms with E-state index in [1.165, 1.54) is 6.42 Å². The van der Waals surface area contributed by atoms with Gasteiger partial charge in [-0.1, -0.05) is 67.8 Å². The fourth-order valence-electron chi connectivity index (χ4n) is 4.49. The molecule has 3 aromatic carbocycles. The number of hydrogen-bond acceptors (Lipinski definition) is 3. The van der Waals surface area contributed by atoms with E-state index >= 15 is 0 Å². The van der Waals surface area contributed by atoms with E-state index in [1.807, 2.05) is 42.5 Å². The van der Waals surface area contributed by atoms with E-state index in [9.17, 15) is 9.59 Å². The summed E-state index contributed by atoms with van der Waals surface area (Å²) in [5.41, 5.74) is 0.661. The highest BCUT2D eigenvalue weighted by Crippen LogP contribution is 2.31. The van der Waals surface area contributed by atoms with Gasteiger partial charge in [0.25, 0.3) is 5.91 Å². The average Bonchev–Trinajstić information content (AvgIpc) is 2.77. The molecule has 0 atom stereocenters. The lowest BCUT2D eigenvalue weighted by molar-refractivity contribution is -0.144. The summed E-state index contributed by atoms with van der Waals surface area (Å²) >= 11 is 0. The lowest BCUT2D eigenvalue weighted by Crippen LogP contribution is -2.45. The molecule has 3 aromatic rings. The molecular weight excluding hydrogens is 362 g/mol. The van der Waals surface area contributed by atoms with Gasteiger partial charge in [0.15, 0.2) is 0 Å². The van der Waals surface area contributed by atoms with Crippen LogP contribution in [0.2, 0.25) is 0 Å². The first-order chi connectivity index (χ1) is 14.2. The van der Waals surface area contributed by atoms with Gasteiger partial charge in [-0.2, -0.15) is 0 Å². The Kier molecular flexibility index (Phi) is 5.79. The Balaban J connectivity index is 1.80. The Hall–Kier alpha value is -2.88.